The second-order valence-electron chi connectivity index (χ2n) is 4.66. The normalized spacial score (nSPS) is 11.6. The third kappa shape index (κ3) is 3.28. The van der Waals surface area contributed by atoms with E-state index in [0.29, 0.717) is 0 Å². The van der Waals surface area contributed by atoms with Crippen LogP contribution in [-0.2, 0) is 0 Å². The molecule has 0 saturated carbocycles. The lowest BCUT2D eigenvalue weighted by atomic mass is 10.0. The molecule has 2 aromatic rings. The summed E-state index contributed by atoms with van der Waals surface area (Å²) in [5, 5.41) is 0. The molecule has 0 aromatic heterocycles. The minimum Gasteiger partial charge on any atom is -0.462 e. The summed E-state index contributed by atoms with van der Waals surface area (Å²) >= 11 is 0. The molecule has 0 spiro atoms. The van der Waals surface area contributed by atoms with Gasteiger partial charge in [0, 0.05) is 16.7 Å². The van der Waals surface area contributed by atoms with Crippen LogP contribution in [0.1, 0.15) is 19.4 Å². The van der Waals surface area contributed by atoms with Gasteiger partial charge >= 0.3 is 0 Å². The van der Waals surface area contributed by atoms with E-state index in [4.69, 9.17) is 4.74 Å². The van der Waals surface area contributed by atoms with Crippen molar-refractivity contribution >= 4 is 6.08 Å². The Morgan fingerprint density at radius 1 is 0.739 bits per heavy atom. The van der Waals surface area contributed by atoms with Gasteiger partial charge in [0.25, 0.3) is 0 Å². The van der Waals surface area contributed by atoms with Crippen LogP contribution in [0.4, 0.5) is 17.6 Å². The zero-order valence-corrected chi connectivity index (χ0v) is 12.5. The van der Waals surface area contributed by atoms with Crippen molar-refractivity contribution in [1.82, 2.24) is 0 Å². The van der Waals surface area contributed by atoms with Crippen LogP contribution in [-0.4, -0.2) is 0 Å². The van der Waals surface area contributed by atoms with E-state index >= 15 is 0 Å². The molecule has 0 aliphatic heterocycles. The average Bonchev–Trinajstić information content (AvgIpc) is 2.54. The molecule has 0 atom stereocenters. The van der Waals surface area contributed by atoms with Crippen molar-refractivity contribution in [2.75, 3.05) is 0 Å². The lowest BCUT2D eigenvalue weighted by molar-refractivity contribution is 0.415. The number of ether oxygens (including phenoxy) is 1. The molecule has 0 unspecified atom stereocenters. The first-order valence-electron chi connectivity index (χ1n) is 6.88. The van der Waals surface area contributed by atoms with Gasteiger partial charge in [0.05, 0.1) is 6.26 Å². The number of hydrogen-bond donors (Lipinski definition) is 0. The maximum atomic E-state index is 14.2. The molecule has 0 heterocycles. The summed E-state index contributed by atoms with van der Waals surface area (Å²) in [5.41, 5.74) is -0.703. The summed E-state index contributed by atoms with van der Waals surface area (Å²) in [5.74, 6) is -5.26. The van der Waals surface area contributed by atoms with E-state index in [1.807, 2.05) is 0 Å². The van der Waals surface area contributed by atoms with Crippen LogP contribution in [0.25, 0.3) is 17.2 Å². The van der Waals surface area contributed by atoms with Crippen LogP contribution in [0.2, 0.25) is 0 Å². The van der Waals surface area contributed by atoms with Crippen molar-refractivity contribution in [2.45, 2.75) is 13.8 Å². The molecule has 2 aromatic carbocycles. The Morgan fingerprint density at radius 2 is 1.35 bits per heavy atom. The van der Waals surface area contributed by atoms with E-state index in [2.05, 4.69) is 0 Å². The van der Waals surface area contributed by atoms with E-state index in [-0.39, 0.29) is 22.4 Å². The highest BCUT2D eigenvalue weighted by molar-refractivity contribution is 5.68. The minimum atomic E-state index is -1.30. The summed E-state index contributed by atoms with van der Waals surface area (Å²) in [6.07, 6.45) is 5.61. The molecule has 2 rings (SSSR count). The first-order chi connectivity index (χ1) is 11.0. The molecule has 0 N–H and O–H groups in total. The molecular formula is C18H14F4O. The fourth-order valence-electron chi connectivity index (χ4n) is 2.05. The quantitative estimate of drug-likeness (QED) is 0.506. The lowest BCUT2D eigenvalue weighted by Crippen LogP contribution is -1.98. The maximum absolute atomic E-state index is 14.2. The van der Waals surface area contributed by atoms with Gasteiger partial charge in [-0.3, -0.25) is 0 Å². The van der Waals surface area contributed by atoms with Crippen molar-refractivity contribution in [3.8, 4) is 16.9 Å². The molecule has 0 saturated heterocycles. The van der Waals surface area contributed by atoms with Crippen LogP contribution in [0.15, 0.2) is 42.7 Å². The number of halogens is 4. The first kappa shape index (κ1) is 16.8. The standard InChI is InChI=1S/C18H14F4O/c1-3-5-11-6-7-12(16(20)15(11)19)13-8-9-14(23-10-4-2)18(22)17(13)21/h3-10H,1-2H3/b5-3+,10-4+. The van der Waals surface area contributed by atoms with E-state index in [1.165, 1.54) is 30.5 Å². The van der Waals surface area contributed by atoms with E-state index in [1.54, 1.807) is 19.9 Å². The number of benzene rings is 2. The molecule has 5 heteroatoms. The molecule has 0 amide bonds. The van der Waals surface area contributed by atoms with Gasteiger partial charge < -0.3 is 4.74 Å². The Balaban J connectivity index is 2.55. The van der Waals surface area contributed by atoms with E-state index < -0.39 is 23.3 Å². The molecule has 23 heavy (non-hydrogen) atoms. The zero-order chi connectivity index (χ0) is 17.0. The largest absolute Gasteiger partial charge is 0.462 e. The van der Waals surface area contributed by atoms with Gasteiger partial charge in [-0.1, -0.05) is 30.4 Å². The number of allylic oxidation sites excluding steroid dienone is 2. The van der Waals surface area contributed by atoms with Gasteiger partial charge in [0.2, 0.25) is 5.82 Å². The highest BCUT2D eigenvalue weighted by Gasteiger charge is 2.20. The summed E-state index contributed by atoms with van der Waals surface area (Å²) in [6.45, 7) is 3.30. The predicted molar refractivity (Wildman–Crippen MR) is 81.9 cm³/mol. The number of hydrogen-bond acceptors (Lipinski definition) is 1. The molecular weight excluding hydrogens is 308 g/mol. The van der Waals surface area contributed by atoms with Crippen molar-refractivity contribution < 1.29 is 22.3 Å². The minimum absolute atomic E-state index is 0.0302. The average molecular weight is 322 g/mol. The smallest absolute Gasteiger partial charge is 0.201 e. The van der Waals surface area contributed by atoms with Gasteiger partial charge in [-0.2, -0.15) is 4.39 Å². The van der Waals surface area contributed by atoms with Gasteiger partial charge in [0.1, 0.15) is 0 Å². The Bertz CT molecular complexity index is 779. The maximum Gasteiger partial charge on any atom is 0.201 e. The third-order valence-corrected chi connectivity index (χ3v) is 3.13. The number of rotatable bonds is 4. The highest BCUT2D eigenvalue weighted by atomic mass is 19.2. The Morgan fingerprint density at radius 3 is 1.96 bits per heavy atom. The van der Waals surface area contributed by atoms with Crippen molar-refractivity contribution in [3.63, 3.8) is 0 Å². The summed E-state index contributed by atoms with van der Waals surface area (Å²) < 4.78 is 61.1. The molecule has 1 nitrogen and oxygen atoms in total. The lowest BCUT2D eigenvalue weighted by Gasteiger charge is -2.10. The van der Waals surface area contributed by atoms with Crippen LogP contribution in [0.5, 0.6) is 5.75 Å². The van der Waals surface area contributed by atoms with Crippen LogP contribution >= 0.6 is 0 Å². The predicted octanol–water partition coefficient (Wildman–Crippen LogP) is 5.86. The van der Waals surface area contributed by atoms with Gasteiger partial charge in [-0.05, 0) is 26.0 Å². The SMILES string of the molecule is C/C=C/Oc1ccc(-c2ccc(/C=C/C)c(F)c2F)c(F)c1F. The van der Waals surface area contributed by atoms with Crippen LogP contribution < -0.4 is 4.74 Å². The van der Waals surface area contributed by atoms with Crippen molar-refractivity contribution in [2.24, 2.45) is 0 Å². The first-order valence-corrected chi connectivity index (χ1v) is 6.88. The third-order valence-electron chi connectivity index (χ3n) is 3.13. The summed E-state index contributed by atoms with van der Waals surface area (Å²) in [4.78, 5) is 0. The molecule has 0 aliphatic carbocycles. The summed E-state index contributed by atoms with van der Waals surface area (Å²) in [7, 11) is 0. The Kier molecular flexibility index (Phi) is 5.21. The van der Waals surface area contributed by atoms with Crippen LogP contribution in [0.3, 0.4) is 0 Å². The van der Waals surface area contributed by atoms with E-state index in [9.17, 15) is 17.6 Å². The van der Waals surface area contributed by atoms with Gasteiger partial charge in [0.15, 0.2) is 23.2 Å². The molecule has 0 aliphatic rings. The van der Waals surface area contributed by atoms with E-state index in [0.717, 1.165) is 12.1 Å². The van der Waals surface area contributed by atoms with Crippen molar-refractivity contribution in [3.05, 3.63) is 71.5 Å². The van der Waals surface area contributed by atoms with Crippen LogP contribution in [0, 0.1) is 23.3 Å². The highest BCUT2D eigenvalue weighted by Crippen LogP contribution is 2.33. The summed E-state index contributed by atoms with van der Waals surface area (Å²) in [6, 6.07) is 4.81. The second kappa shape index (κ2) is 7.13. The topological polar surface area (TPSA) is 9.23 Å². The van der Waals surface area contributed by atoms with Gasteiger partial charge in [-0.25, -0.2) is 13.2 Å². The fourth-order valence-corrected chi connectivity index (χ4v) is 2.05. The Hall–Kier alpha value is -2.56. The fraction of sp³-hybridized carbons (Fsp3) is 0.111. The molecule has 0 fully saturated rings. The zero-order valence-electron chi connectivity index (χ0n) is 12.5. The molecule has 120 valence electrons. The molecule has 0 bridgehead atoms. The Labute approximate surface area is 131 Å². The molecule has 0 radical (unpaired) electrons. The monoisotopic (exact) mass is 322 g/mol. The second-order valence-corrected chi connectivity index (χ2v) is 4.66. The van der Waals surface area contributed by atoms with Gasteiger partial charge in [-0.15, -0.1) is 0 Å². The van der Waals surface area contributed by atoms with Crippen molar-refractivity contribution in [1.29, 1.82) is 0 Å².